The van der Waals surface area contributed by atoms with Gasteiger partial charge in [-0.25, -0.2) is 0 Å². The molecule has 4 nitrogen and oxygen atoms in total. The Balaban J connectivity index is 1.76. The van der Waals surface area contributed by atoms with Gasteiger partial charge in [0.2, 0.25) is 0 Å². The monoisotopic (exact) mass is 276 g/mol. The van der Waals surface area contributed by atoms with Gasteiger partial charge in [-0.15, -0.1) is 0 Å². The van der Waals surface area contributed by atoms with E-state index in [9.17, 15) is 0 Å². The molecule has 20 heavy (non-hydrogen) atoms. The Morgan fingerprint density at radius 1 is 1.35 bits per heavy atom. The van der Waals surface area contributed by atoms with Gasteiger partial charge in [0.1, 0.15) is 0 Å². The summed E-state index contributed by atoms with van der Waals surface area (Å²) in [5, 5.41) is 8.41. The SMILES string of the molecule is CCC1(CC)CNC(C2CC2)CN1Cc1ccn(C)n1. The van der Waals surface area contributed by atoms with Crippen LogP contribution in [-0.2, 0) is 13.6 Å². The van der Waals surface area contributed by atoms with Crippen LogP contribution < -0.4 is 5.32 Å². The van der Waals surface area contributed by atoms with Crippen LogP contribution in [0.15, 0.2) is 12.3 Å². The van der Waals surface area contributed by atoms with Gasteiger partial charge in [0.05, 0.1) is 5.69 Å². The summed E-state index contributed by atoms with van der Waals surface area (Å²) in [5.41, 5.74) is 1.51. The van der Waals surface area contributed by atoms with Gasteiger partial charge in [0, 0.05) is 44.5 Å². The highest BCUT2D eigenvalue weighted by Gasteiger charge is 2.43. The highest BCUT2D eigenvalue weighted by molar-refractivity contribution is 5.06. The molecule has 2 fully saturated rings. The molecule has 112 valence electrons. The molecular weight excluding hydrogens is 248 g/mol. The van der Waals surface area contributed by atoms with E-state index in [-0.39, 0.29) is 0 Å². The third-order valence-electron chi connectivity index (χ3n) is 5.41. The third kappa shape index (κ3) is 2.63. The Bertz CT molecular complexity index is 445. The lowest BCUT2D eigenvalue weighted by atomic mass is 9.86. The fourth-order valence-electron chi connectivity index (χ4n) is 3.67. The first-order chi connectivity index (χ1) is 9.66. The van der Waals surface area contributed by atoms with Gasteiger partial charge in [-0.05, 0) is 37.7 Å². The minimum absolute atomic E-state index is 0.308. The molecule has 0 bridgehead atoms. The van der Waals surface area contributed by atoms with Crippen molar-refractivity contribution in [3.63, 3.8) is 0 Å². The molecule has 1 aliphatic carbocycles. The Hall–Kier alpha value is -0.870. The molecule has 1 saturated heterocycles. The minimum atomic E-state index is 0.308. The van der Waals surface area contributed by atoms with E-state index in [4.69, 9.17) is 0 Å². The molecule has 0 amide bonds. The molecule has 4 heteroatoms. The predicted molar refractivity (Wildman–Crippen MR) is 81.4 cm³/mol. The second kappa shape index (κ2) is 5.49. The highest BCUT2D eigenvalue weighted by atomic mass is 15.3. The maximum Gasteiger partial charge on any atom is 0.0764 e. The summed E-state index contributed by atoms with van der Waals surface area (Å²) in [5.74, 6) is 0.924. The number of rotatable bonds is 5. The van der Waals surface area contributed by atoms with Crippen LogP contribution in [0.2, 0.25) is 0 Å². The van der Waals surface area contributed by atoms with Gasteiger partial charge >= 0.3 is 0 Å². The number of hydrogen-bond acceptors (Lipinski definition) is 3. The van der Waals surface area contributed by atoms with Crippen molar-refractivity contribution in [3.05, 3.63) is 18.0 Å². The van der Waals surface area contributed by atoms with Crippen LogP contribution in [0.4, 0.5) is 0 Å². The van der Waals surface area contributed by atoms with Gasteiger partial charge in [-0.2, -0.15) is 5.10 Å². The first-order valence-corrected chi connectivity index (χ1v) is 8.14. The molecule has 3 rings (SSSR count). The molecule has 2 heterocycles. The number of piperazine rings is 1. The molecule has 1 N–H and O–H groups in total. The summed E-state index contributed by atoms with van der Waals surface area (Å²) in [6.45, 7) is 7.96. The molecule has 1 unspecified atom stereocenters. The summed E-state index contributed by atoms with van der Waals surface area (Å²) in [7, 11) is 2.00. The Morgan fingerprint density at radius 3 is 2.65 bits per heavy atom. The van der Waals surface area contributed by atoms with Crippen molar-refractivity contribution in [3.8, 4) is 0 Å². The van der Waals surface area contributed by atoms with Gasteiger partial charge in [0.25, 0.3) is 0 Å². The summed E-state index contributed by atoms with van der Waals surface area (Å²) >= 11 is 0. The maximum atomic E-state index is 4.58. The van der Waals surface area contributed by atoms with Crippen LogP contribution in [0.25, 0.3) is 0 Å². The van der Waals surface area contributed by atoms with Crippen molar-refractivity contribution in [1.29, 1.82) is 0 Å². The number of aryl methyl sites for hydroxylation is 1. The van der Waals surface area contributed by atoms with E-state index in [1.807, 2.05) is 11.7 Å². The third-order valence-corrected chi connectivity index (χ3v) is 5.41. The van der Waals surface area contributed by atoms with Gasteiger partial charge < -0.3 is 5.32 Å². The number of nitrogens with one attached hydrogen (secondary N) is 1. The topological polar surface area (TPSA) is 33.1 Å². The van der Waals surface area contributed by atoms with Crippen LogP contribution in [0.3, 0.4) is 0 Å². The lowest BCUT2D eigenvalue weighted by Crippen LogP contribution is -2.64. The zero-order valence-electron chi connectivity index (χ0n) is 13.1. The van der Waals surface area contributed by atoms with E-state index in [0.717, 1.165) is 19.0 Å². The maximum absolute atomic E-state index is 4.58. The van der Waals surface area contributed by atoms with E-state index in [1.165, 1.54) is 37.9 Å². The number of hydrogen-bond donors (Lipinski definition) is 1. The molecule has 1 aromatic heterocycles. The van der Waals surface area contributed by atoms with Crippen molar-refractivity contribution < 1.29 is 0 Å². The van der Waals surface area contributed by atoms with E-state index in [0.29, 0.717) is 11.6 Å². The molecular formula is C16H28N4. The van der Waals surface area contributed by atoms with Crippen molar-refractivity contribution in [1.82, 2.24) is 20.0 Å². The average Bonchev–Trinajstić information content (AvgIpc) is 3.23. The van der Waals surface area contributed by atoms with Crippen LogP contribution in [0, 0.1) is 5.92 Å². The molecule has 0 aromatic carbocycles. The van der Waals surface area contributed by atoms with E-state index >= 15 is 0 Å². The zero-order valence-corrected chi connectivity index (χ0v) is 13.1. The van der Waals surface area contributed by atoms with Crippen molar-refractivity contribution >= 4 is 0 Å². The van der Waals surface area contributed by atoms with Gasteiger partial charge in [-0.1, -0.05) is 13.8 Å². The molecule has 1 saturated carbocycles. The van der Waals surface area contributed by atoms with Gasteiger partial charge in [0.15, 0.2) is 0 Å². The Labute approximate surface area is 122 Å². The standard InChI is InChI=1S/C16H28N4/c1-4-16(5-2)12-17-15(13-6-7-13)11-20(16)10-14-8-9-19(3)18-14/h8-9,13,15,17H,4-7,10-12H2,1-3H3. The van der Waals surface area contributed by atoms with E-state index < -0.39 is 0 Å². The molecule has 1 atom stereocenters. The normalized spacial score (nSPS) is 26.9. The second-order valence-corrected chi connectivity index (χ2v) is 6.62. The zero-order chi connectivity index (χ0) is 14.2. The first-order valence-electron chi connectivity index (χ1n) is 8.14. The lowest BCUT2D eigenvalue weighted by Gasteiger charge is -2.49. The first kappa shape index (κ1) is 14.1. The summed E-state index contributed by atoms with van der Waals surface area (Å²) < 4.78 is 1.91. The summed E-state index contributed by atoms with van der Waals surface area (Å²) in [6.07, 6.45) is 7.30. The quantitative estimate of drug-likeness (QED) is 0.894. The molecule has 1 aromatic rings. The molecule has 0 spiro atoms. The van der Waals surface area contributed by atoms with Gasteiger partial charge in [-0.3, -0.25) is 9.58 Å². The van der Waals surface area contributed by atoms with Crippen molar-refractivity contribution in [2.75, 3.05) is 13.1 Å². The summed E-state index contributed by atoms with van der Waals surface area (Å²) in [4.78, 5) is 2.70. The van der Waals surface area contributed by atoms with E-state index in [2.05, 4.69) is 41.4 Å². The molecule has 0 radical (unpaired) electrons. The van der Waals surface area contributed by atoms with E-state index in [1.54, 1.807) is 0 Å². The lowest BCUT2D eigenvalue weighted by molar-refractivity contribution is 0.0192. The smallest absolute Gasteiger partial charge is 0.0764 e. The second-order valence-electron chi connectivity index (χ2n) is 6.62. The van der Waals surface area contributed by atoms with Crippen molar-refractivity contribution in [2.45, 2.75) is 57.7 Å². The van der Waals surface area contributed by atoms with Crippen LogP contribution in [-0.4, -0.2) is 39.4 Å². The fraction of sp³-hybridized carbons (Fsp3) is 0.812. The average molecular weight is 276 g/mol. The summed E-state index contributed by atoms with van der Waals surface area (Å²) in [6, 6.07) is 2.86. The number of nitrogens with zero attached hydrogens (tertiary/aromatic N) is 3. The Morgan fingerprint density at radius 2 is 2.10 bits per heavy atom. The number of aromatic nitrogens is 2. The van der Waals surface area contributed by atoms with Crippen LogP contribution in [0.5, 0.6) is 0 Å². The van der Waals surface area contributed by atoms with Crippen molar-refractivity contribution in [2.24, 2.45) is 13.0 Å². The largest absolute Gasteiger partial charge is 0.311 e. The highest BCUT2D eigenvalue weighted by Crippen LogP contribution is 2.37. The molecule has 2 aliphatic rings. The van der Waals surface area contributed by atoms with Crippen LogP contribution in [0.1, 0.15) is 45.2 Å². The fourth-order valence-corrected chi connectivity index (χ4v) is 3.67. The Kier molecular flexibility index (Phi) is 3.87. The predicted octanol–water partition coefficient (Wildman–Crippen LogP) is 2.16. The molecule has 1 aliphatic heterocycles. The van der Waals surface area contributed by atoms with Crippen LogP contribution >= 0.6 is 0 Å². The minimum Gasteiger partial charge on any atom is -0.311 e.